The van der Waals surface area contributed by atoms with Crippen LogP contribution in [0, 0.1) is 5.41 Å². The Morgan fingerprint density at radius 2 is 1.94 bits per heavy atom. The van der Waals surface area contributed by atoms with Gasteiger partial charge in [-0.2, -0.15) is 0 Å². The van der Waals surface area contributed by atoms with Crippen LogP contribution in [0.1, 0.15) is 26.7 Å². The van der Waals surface area contributed by atoms with Gasteiger partial charge in [0.15, 0.2) is 0 Å². The van der Waals surface area contributed by atoms with Crippen molar-refractivity contribution in [2.45, 2.75) is 26.7 Å². The van der Waals surface area contributed by atoms with Gasteiger partial charge in [0.2, 0.25) is 0 Å². The van der Waals surface area contributed by atoms with Gasteiger partial charge in [-0.1, -0.05) is 13.8 Å². The Morgan fingerprint density at radius 3 is 2.56 bits per heavy atom. The van der Waals surface area contributed by atoms with Gasteiger partial charge in [-0.15, -0.1) is 0 Å². The first kappa shape index (κ1) is 13.9. The molecule has 96 valence electrons. The highest BCUT2D eigenvalue weighted by molar-refractivity contribution is 4.80. The maximum absolute atomic E-state index is 3.34. The molecule has 0 saturated carbocycles. The average Bonchev–Trinajstić information content (AvgIpc) is 2.44. The summed E-state index contributed by atoms with van der Waals surface area (Å²) in [4.78, 5) is 5.09. The molecule has 0 aromatic heterocycles. The predicted molar refractivity (Wildman–Crippen MR) is 70.9 cm³/mol. The second kappa shape index (κ2) is 6.58. The van der Waals surface area contributed by atoms with Crippen LogP contribution in [0.2, 0.25) is 0 Å². The molecule has 0 amide bonds. The van der Waals surface area contributed by atoms with Crippen molar-refractivity contribution >= 4 is 0 Å². The molecule has 1 unspecified atom stereocenters. The lowest BCUT2D eigenvalue weighted by Crippen LogP contribution is -2.42. The number of likely N-dealkylation sites (N-methyl/N-ethyl adjacent to an activating group) is 1. The fourth-order valence-corrected chi connectivity index (χ4v) is 2.52. The first-order valence-corrected chi connectivity index (χ1v) is 6.65. The van der Waals surface area contributed by atoms with Crippen LogP contribution in [-0.2, 0) is 0 Å². The van der Waals surface area contributed by atoms with Gasteiger partial charge < -0.3 is 15.1 Å². The van der Waals surface area contributed by atoms with Crippen molar-refractivity contribution in [2.75, 3.05) is 53.4 Å². The van der Waals surface area contributed by atoms with Crippen LogP contribution in [0.3, 0.4) is 0 Å². The van der Waals surface area contributed by atoms with E-state index in [-0.39, 0.29) is 0 Å². The van der Waals surface area contributed by atoms with Crippen LogP contribution in [0.15, 0.2) is 0 Å². The lowest BCUT2D eigenvalue weighted by Gasteiger charge is -2.34. The standard InChI is InChI=1S/C13H29N3/c1-5-13(2,11-14-3)12-16-8-6-7-15(4)9-10-16/h14H,5-12H2,1-4H3. The Bertz CT molecular complexity index is 196. The summed E-state index contributed by atoms with van der Waals surface area (Å²) in [7, 11) is 4.29. The van der Waals surface area contributed by atoms with Gasteiger partial charge >= 0.3 is 0 Å². The molecule has 0 aromatic carbocycles. The molecule has 0 aromatic rings. The van der Waals surface area contributed by atoms with Gasteiger partial charge in [0.05, 0.1) is 0 Å². The zero-order valence-electron chi connectivity index (χ0n) is 11.6. The third kappa shape index (κ3) is 4.40. The molecule has 0 radical (unpaired) electrons. The topological polar surface area (TPSA) is 18.5 Å². The van der Waals surface area contributed by atoms with Crippen LogP contribution < -0.4 is 5.32 Å². The fourth-order valence-electron chi connectivity index (χ4n) is 2.52. The fraction of sp³-hybridized carbons (Fsp3) is 1.00. The third-order valence-electron chi connectivity index (χ3n) is 3.87. The summed E-state index contributed by atoms with van der Waals surface area (Å²) in [6.07, 6.45) is 2.57. The lowest BCUT2D eigenvalue weighted by molar-refractivity contribution is 0.161. The second-order valence-electron chi connectivity index (χ2n) is 5.63. The van der Waals surface area contributed by atoms with Crippen LogP contribution in [0.5, 0.6) is 0 Å². The van der Waals surface area contributed by atoms with E-state index in [1.54, 1.807) is 0 Å². The summed E-state index contributed by atoms with van der Waals surface area (Å²) in [6.45, 7) is 12.0. The summed E-state index contributed by atoms with van der Waals surface area (Å²) in [5.74, 6) is 0. The molecule has 1 aliphatic rings. The molecule has 3 nitrogen and oxygen atoms in total. The zero-order valence-corrected chi connectivity index (χ0v) is 11.6. The molecular formula is C13H29N3. The largest absolute Gasteiger partial charge is 0.319 e. The number of hydrogen-bond acceptors (Lipinski definition) is 3. The molecule has 1 aliphatic heterocycles. The maximum atomic E-state index is 3.34. The van der Waals surface area contributed by atoms with Crippen molar-refractivity contribution in [3.05, 3.63) is 0 Å². The minimum Gasteiger partial charge on any atom is -0.319 e. The average molecular weight is 227 g/mol. The number of nitrogens with zero attached hydrogens (tertiary/aromatic N) is 2. The van der Waals surface area contributed by atoms with Crippen LogP contribution in [0.25, 0.3) is 0 Å². The molecule has 1 atom stereocenters. The first-order chi connectivity index (χ1) is 7.59. The summed E-state index contributed by atoms with van der Waals surface area (Å²) < 4.78 is 0. The SMILES string of the molecule is CCC(C)(CNC)CN1CCCN(C)CC1. The molecule has 1 rings (SSSR count). The zero-order chi connectivity index (χ0) is 12.0. The van der Waals surface area contributed by atoms with Crippen molar-refractivity contribution in [1.82, 2.24) is 15.1 Å². The Kier molecular flexibility index (Phi) is 5.73. The van der Waals surface area contributed by atoms with Crippen molar-refractivity contribution in [3.8, 4) is 0 Å². The van der Waals surface area contributed by atoms with Crippen LogP contribution >= 0.6 is 0 Å². The Morgan fingerprint density at radius 1 is 1.19 bits per heavy atom. The number of nitrogens with one attached hydrogen (secondary N) is 1. The van der Waals surface area contributed by atoms with Crippen molar-refractivity contribution in [3.63, 3.8) is 0 Å². The molecule has 1 N–H and O–H groups in total. The van der Waals surface area contributed by atoms with E-state index in [2.05, 4.69) is 43.1 Å². The highest BCUT2D eigenvalue weighted by Gasteiger charge is 2.25. The highest BCUT2D eigenvalue weighted by atomic mass is 15.2. The summed E-state index contributed by atoms with van der Waals surface area (Å²) >= 11 is 0. The Hall–Kier alpha value is -0.120. The minimum absolute atomic E-state index is 0.428. The van der Waals surface area contributed by atoms with Gasteiger partial charge in [-0.25, -0.2) is 0 Å². The van der Waals surface area contributed by atoms with Crippen LogP contribution in [-0.4, -0.2) is 63.2 Å². The molecule has 0 aliphatic carbocycles. The van der Waals surface area contributed by atoms with E-state index in [1.807, 2.05) is 0 Å². The van der Waals surface area contributed by atoms with Crippen molar-refractivity contribution < 1.29 is 0 Å². The first-order valence-electron chi connectivity index (χ1n) is 6.65. The molecule has 1 heterocycles. The lowest BCUT2D eigenvalue weighted by atomic mass is 9.86. The van der Waals surface area contributed by atoms with Gasteiger partial charge in [0.1, 0.15) is 0 Å². The second-order valence-corrected chi connectivity index (χ2v) is 5.63. The normalized spacial score (nSPS) is 24.0. The van der Waals surface area contributed by atoms with Gasteiger partial charge in [0, 0.05) is 26.2 Å². The number of rotatable bonds is 5. The van der Waals surface area contributed by atoms with Gasteiger partial charge in [-0.05, 0) is 45.4 Å². The van der Waals surface area contributed by atoms with Gasteiger partial charge in [-0.3, -0.25) is 0 Å². The summed E-state index contributed by atoms with van der Waals surface area (Å²) in [5, 5.41) is 3.34. The van der Waals surface area contributed by atoms with Crippen molar-refractivity contribution in [1.29, 1.82) is 0 Å². The molecule has 0 bridgehead atoms. The molecule has 3 heteroatoms. The molecule has 1 fully saturated rings. The van der Waals surface area contributed by atoms with Gasteiger partial charge in [0.25, 0.3) is 0 Å². The molecular weight excluding hydrogens is 198 g/mol. The summed E-state index contributed by atoms with van der Waals surface area (Å²) in [6, 6.07) is 0. The third-order valence-corrected chi connectivity index (χ3v) is 3.87. The predicted octanol–water partition coefficient (Wildman–Crippen LogP) is 1.26. The Balaban J connectivity index is 2.44. The van der Waals surface area contributed by atoms with E-state index >= 15 is 0 Å². The molecule has 0 spiro atoms. The highest BCUT2D eigenvalue weighted by Crippen LogP contribution is 2.22. The molecule has 1 saturated heterocycles. The minimum atomic E-state index is 0.428. The van der Waals surface area contributed by atoms with Crippen LogP contribution in [0.4, 0.5) is 0 Å². The van der Waals surface area contributed by atoms with E-state index in [4.69, 9.17) is 0 Å². The van der Waals surface area contributed by atoms with E-state index in [0.29, 0.717) is 5.41 Å². The van der Waals surface area contributed by atoms with E-state index in [9.17, 15) is 0 Å². The summed E-state index contributed by atoms with van der Waals surface area (Å²) in [5.41, 5.74) is 0.428. The Labute approximate surface area is 101 Å². The molecule has 16 heavy (non-hydrogen) atoms. The quantitative estimate of drug-likeness (QED) is 0.763. The smallest absolute Gasteiger partial charge is 0.0109 e. The maximum Gasteiger partial charge on any atom is 0.0109 e. The van der Waals surface area contributed by atoms with E-state index < -0.39 is 0 Å². The van der Waals surface area contributed by atoms with Crippen molar-refractivity contribution in [2.24, 2.45) is 5.41 Å². The van der Waals surface area contributed by atoms with E-state index in [1.165, 1.54) is 45.6 Å². The monoisotopic (exact) mass is 227 g/mol. The number of hydrogen-bond donors (Lipinski definition) is 1. The van der Waals surface area contributed by atoms with E-state index in [0.717, 1.165) is 6.54 Å².